The van der Waals surface area contributed by atoms with Crippen molar-refractivity contribution in [3.8, 4) is 11.1 Å². The molecule has 10 rings (SSSR count). The van der Waals surface area contributed by atoms with Crippen molar-refractivity contribution < 1.29 is 4.42 Å². The third kappa shape index (κ3) is 4.68. The molecule has 0 bridgehead atoms. The van der Waals surface area contributed by atoms with Crippen molar-refractivity contribution in [2.75, 3.05) is 0 Å². The lowest BCUT2D eigenvalue weighted by Gasteiger charge is -2.32. The van der Waals surface area contributed by atoms with Crippen LogP contribution in [-0.4, -0.2) is 5.84 Å². The fraction of sp³-hybridized carbons (Fsp3) is 0.0444. The maximum Gasteiger partial charge on any atom is 0.136 e. The van der Waals surface area contributed by atoms with Crippen LogP contribution < -0.4 is 10.6 Å². The van der Waals surface area contributed by atoms with E-state index in [4.69, 9.17) is 9.41 Å². The first kappa shape index (κ1) is 27.8. The standard InChI is InChI=1S/C45H31N3O/c1-3-13-31-26-33(24-22-28(31)10-1)43-46-44(34-25-23-29-11-2-4-14-32(29)27-34)48-45(47-43)38-19-9-21-40-42(38)41-37(18-8-20-39(41)49-40)36-17-7-15-30-12-5-6-16-35(30)36/h1-27,43,45,47H,(H,46,48). The molecule has 2 N–H and O–H groups in total. The highest BCUT2D eigenvalue weighted by Crippen LogP contribution is 2.42. The highest BCUT2D eigenvalue weighted by Gasteiger charge is 2.29. The van der Waals surface area contributed by atoms with Crippen molar-refractivity contribution in [1.29, 1.82) is 0 Å². The first-order chi connectivity index (χ1) is 24.3. The van der Waals surface area contributed by atoms with Gasteiger partial charge >= 0.3 is 0 Å². The fourth-order valence-electron chi connectivity index (χ4n) is 7.57. The number of aliphatic imine (C=N–C) groups is 1. The lowest BCUT2D eigenvalue weighted by molar-refractivity contribution is 0.411. The Morgan fingerprint density at radius 1 is 0.490 bits per heavy atom. The molecule has 2 heterocycles. The molecule has 8 aromatic carbocycles. The minimum atomic E-state index is -0.275. The van der Waals surface area contributed by atoms with Gasteiger partial charge in [0.15, 0.2) is 0 Å². The highest BCUT2D eigenvalue weighted by molar-refractivity contribution is 6.16. The second-order valence-corrected chi connectivity index (χ2v) is 12.8. The summed E-state index contributed by atoms with van der Waals surface area (Å²) in [4.78, 5) is 5.31. The number of nitrogens with zero attached hydrogens (tertiary/aromatic N) is 1. The van der Waals surface area contributed by atoms with Crippen LogP contribution in [0.1, 0.15) is 29.0 Å². The largest absolute Gasteiger partial charge is 0.456 e. The molecule has 232 valence electrons. The van der Waals surface area contributed by atoms with E-state index in [2.05, 4.69) is 174 Å². The predicted molar refractivity (Wildman–Crippen MR) is 203 cm³/mol. The van der Waals surface area contributed by atoms with Crippen LogP contribution >= 0.6 is 0 Å². The predicted octanol–water partition coefficient (Wildman–Crippen LogP) is 11.0. The zero-order valence-corrected chi connectivity index (χ0v) is 26.6. The summed E-state index contributed by atoms with van der Waals surface area (Å²) in [5, 5.41) is 17.2. The zero-order valence-electron chi connectivity index (χ0n) is 26.6. The van der Waals surface area contributed by atoms with E-state index < -0.39 is 0 Å². The van der Waals surface area contributed by atoms with Gasteiger partial charge in [0.25, 0.3) is 0 Å². The van der Waals surface area contributed by atoms with Gasteiger partial charge in [-0.05, 0) is 73.3 Å². The second-order valence-electron chi connectivity index (χ2n) is 12.8. The zero-order chi connectivity index (χ0) is 32.3. The van der Waals surface area contributed by atoms with Crippen LogP contribution in [0.4, 0.5) is 0 Å². The van der Waals surface area contributed by atoms with Gasteiger partial charge in [-0.1, -0.05) is 140 Å². The van der Waals surface area contributed by atoms with Crippen LogP contribution in [0, 0.1) is 0 Å². The molecule has 4 nitrogen and oxygen atoms in total. The van der Waals surface area contributed by atoms with E-state index >= 15 is 0 Å². The average Bonchev–Trinajstić information content (AvgIpc) is 3.56. The van der Waals surface area contributed by atoms with E-state index in [9.17, 15) is 0 Å². The van der Waals surface area contributed by atoms with Gasteiger partial charge < -0.3 is 9.73 Å². The Balaban J connectivity index is 1.17. The number of rotatable bonds is 4. The molecule has 0 saturated carbocycles. The van der Waals surface area contributed by atoms with Crippen molar-refractivity contribution >= 4 is 60.1 Å². The summed E-state index contributed by atoms with van der Waals surface area (Å²) in [6.07, 6.45) is -0.524. The van der Waals surface area contributed by atoms with E-state index in [0.29, 0.717) is 0 Å². The number of hydrogen-bond acceptors (Lipinski definition) is 4. The van der Waals surface area contributed by atoms with Crippen molar-refractivity contribution in [3.05, 3.63) is 180 Å². The molecule has 1 aromatic heterocycles. The number of furan rings is 1. The number of benzene rings is 8. The second kappa shape index (κ2) is 11.2. The molecule has 0 amide bonds. The van der Waals surface area contributed by atoms with E-state index in [1.807, 2.05) is 0 Å². The van der Waals surface area contributed by atoms with E-state index in [1.165, 1.54) is 37.9 Å². The molecular weight excluding hydrogens is 599 g/mol. The smallest absolute Gasteiger partial charge is 0.136 e. The molecule has 2 atom stereocenters. The average molecular weight is 630 g/mol. The van der Waals surface area contributed by atoms with Crippen molar-refractivity contribution in [2.45, 2.75) is 12.3 Å². The quantitative estimate of drug-likeness (QED) is 0.204. The Bertz CT molecular complexity index is 2750. The van der Waals surface area contributed by atoms with Crippen LogP contribution in [0.2, 0.25) is 0 Å². The number of fused-ring (bicyclic) bond motifs is 6. The van der Waals surface area contributed by atoms with Gasteiger partial charge in [-0.15, -0.1) is 0 Å². The van der Waals surface area contributed by atoms with Crippen molar-refractivity contribution in [3.63, 3.8) is 0 Å². The number of hydrogen-bond donors (Lipinski definition) is 2. The number of amidine groups is 1. The Morgan fingerprint density at radius 3 is 1.96 bits per heavy atom. The molecule has 0 saturated heterocycles. The van der Waals surface area contributed by atoms with Gasteiger partial charge in [-0.3, -0.25) is 5.32 Å². The minimum absolute atomic E-state index is 0.250. The van der Waals surface area contributed by atoms with Crippen LogP contribution in [0.3, 0.4) is 0 Å². The molecule has 49 heavy (non-hydrogen) atoms. The van der Waals surface area contributed by atoms with Crippen LogP contribution in [0.15, 0.2) is 173 Å². The summed E-state index contributed by atoms with van der Waals surface area (Å²) >= 11 is 0. The van der Waals surface area contributed by atoms with Gasteiger partial charge in [0.1, 0.15) is 29.3 Å². The van der Waals surface area contributed by atoms with E-state index in [-0.39, 0.29) is 12.3 Å². The molecule has 1 aliphatic rings. The first-order valence-electron chi connectivity index (χ1n) is 16.8. The lowest BCUT2D eigenvalue weighted by Crippen LogP contribution is -2.45. The summed E-state index contributed by atoms with van der Waals surface area (Å²) < 4.78 is 6.59. The minimum Gasteiger partial charge on any atom is -0.456 e. The molecule has 0 spiro atoms. The molecule has 2 unspecified atom stereocenters. The van der Waals surface area contributed by atoms with Crippen LogP contribution in [0.25, 0.3) is 65.4 Å². The molecule has 0 fully saturated rings. The fourth-order valence-corrected chi connectivity index (χ4v) is 7.57. The maximum absolute atomic E-state index is 6.59. The van der Waals surface area contributed by atoms with Gasteiger partial charge in [-0.25, -0.2) is 4.99 Å². The monoisotopic (exact) mass is 629 g/mol. The van der Waals surface area contributed by atoms with Crippen LogP contribution in [0.5, 0.6) is 0 Å². The molecule has 9 aromatic rings. The lowest BCUT2D eigenvalue weighted by atomic mass is 9.93. The maximum atomic E-state index is 6.59. The Kier molecular flexibility index (Phi) is 6.36. The third-order valence-corrected chi connectivity index (χ3v) is 9.92. The molecule has 4 heteroatoms. The summed E-state index contributed by atoms with van der Waals surface area (Å²) in [7, 11) is 0. The normalized spacial score (nSPS) is 16.4. The van der Waals surface area contributed by atoms with Crippen LogP contribution in [-0.2, 0) is 0 Å². The molecule has 1 aliphatic heterocycles. The van der Waals surface area contributed by atoms with Crippen molar-refractivity contribution in [2.24, 2.45) is 4.99 Å². The van der Waals surface area contributed by atoms with Crippen molar-refractivity contribution in [1.82, 2.24) is 10.6 Å². The van der Waals surface area contributed by atoms with Gasteiger partial charge in [0.2, 0.25) is 0 Å². The third-order valence-electron chi connectivity index (χ3n) is 9.92. The van der Waals surface area contributed by atoms with Gasteiger partial charge in [-0.2, -0.15) is 0 Å². The SMILES string of the molecule is c1ccc2cc(C3=NC(c4ccc5ccccc5c4)NC(c4cccc5oc6cccc(-c7cccc8ccccc78)c6c45)N3)ccc2c1. The van der Waals surface area contributed by atoms with E-state index in [1.54, 1.807) is 0 Å². The van der Waals surface area contributed by atoms with Gasteiger partial charge in [0, 0.05) is 21.9 Å². The summed E-state index contributed by atoms with van der Waals surface area (Å²) in [6, 6.07) is 58.1. The summed E-state index contributed by atoms with van der Waals surface area (Å²) in [5.74, 6) is 0.853. The van der Waals surface area contributed by atoms with E-state index in [0.717, 1.165) is 50.0 Å². The Labute approximate surface area is 283 Å². The first-order valence-corrected chi connectivity index (χ1v) is 16.8. The Morgan fingerprint density at radius 2 is 1.12 bits per heavy atom. The summed E-state index contributed by atoms with van der Waals surface area (Å²) in [6.45, 7) is 0. The molecular formula is C45H31N3O. The number of nitrogens with one attached hydrogen (secondary N) is 2. The molecule has 0 radical (unpaired) electrons. The molecule has 0 aliphatic carbocycles. The van der Waals surface area contributed by atoms with Gasteiger partial charge in [0.05, 0.1) is 0 Å². The topological polar surface area (TPSA) is 49.6 Å². The highest BCUT2D eigenvalue weighted by atomic mass is 16.3. The summed E-state index contributed by atoms with van der Waals surface area (Å²) in [5.41, 5.74) is 7.37. The Hall–Kier alpha value is -6.23.